The van der Waals surface area contributed by atoms with Gasteiger partial charge in [-0.2, -0.15) is 5.26 Å². The van der Waals surface area contributed by atoms with Gasteiger partial charge in [0, 0.05) is 47.3 Å². The van der Waals surface area contributed by atoms with Crippen molar-refractivity contribution in [2.24, 2.45) is 52.3 Å². The fraction of sp³-hybridized carbons (Fsp3) is 0.759. The van der Waals surface area contributed by atoms with Crippen LogP contribution in [0.5, 0.6) is 0 Å². The van der Waals surface area contributed by atoms with Crippen molar-refractivity contribution in [2.45, 2.75) is 206 Å². The zero-order valence-corrected chi connectivity index (χ0v) is 38.4. The van der Waals surface area contributed by atoms with E-state index in [1.165, 1.54) is 89.9 Å². The molecule has 1 saturated heterocycles. The van der Waals surface area contributed by atoms with E-state index >= 15 is 0 Å². The SMILES string of the molecule is CC(C)(C)C1=CC2=C(CC1)N(C1CC(N3C4=C(C=CCC4)C4CCC=CC43)C(C#N)CC1C1NC(C3CC=CCC3)NC(C3CCCCC3)N1)C1CCC(C(C)(C)C)CC21. The van der Waals surface area contributed by atoms with E-state index in [1.807, 2.05) is 0 Å². The maximum atomic E-state index is 11.5. The Morgan fingerprint density at radius 2 is 1.40 bits per heavy atom. The summed E-state index contributed by atoms with van der Waals surface area (Å²) in [6.07, 6.45) is 41.7. The van der Waals surface area contributed by atoms with Gasteiger partial charge in [0.1, 0.15) is 0 Å². The molecule has 10 rings (SSSR count). The molecular formula is C54H80N6. The summed E-state index contributed by atoms with van der Waals surface area (Å²) in [7, 11) is 0. The Labute approximate surface area is 364 Å². The molecule has 0 bridgehead atoms. The minimum Gasteiger partial charge on any atom is -0.368 e. The molecule has 7 aliphatic carbocycles. The van der Waals surface area contributed by atoms with E-state index in [4.69, 9.17) is 0 Å². The molecule has 0 amide bonds. The predicted molar refractivity (Wildman–Crippen MR) is 246 cm³/mol. The highest BCUT2D eigenvalue weighted by Crippen LogP contribution is 2.57. The van der Waals surface area contributed by atoms with Gasteiger partial charge in [-0.15, -0.1) is 0 Å². The lowest BCUT2D eigenvalue weighted by atomic mass is 9.65. The van der Waals surface area contributed by atoms with Crippen molar-refractivity contribution in [1.82, 2.24) is 25.8 Å². The lowest BCUT2D eigenvalue weighted by molar-refractivity contribution is -0.0253. The average Bonchev–Trinajstić information content (AvgIpc) is 3.78. The standard InChI is InChI=1S/C54H80N6/c1-53(2,3)37-25-27-46-41(30-37)42-31-38(54(4,5)6)26-28-47(42)60(46)49-32-48(59-44-23-15-13-21-39(44)40-22-14-16-24-45(40)59)36(33-55)29-43(49)52-57-50(34-17-9-7-10-18-34)56-51(58-52)35-19-11-8-12-20-35/h7,9,13,16,21,24,30,34-36,38,40,42-43,45,47-52,56-58H,8,10-12,14-15,17-20,22-23,25-29,31-32H2,1-6H3. The van der Waals surface area contributed by atoms with E-state index < -0.39 is 0 Å². The van der Waals surface area contributed by atoms with E-state index in [-0.39, 0.29) is 23.5 Å². The van der Waals surface area contributed by atoms with Crippen molar-refractivity contribution < 1.29 is 0 Å². The molecule has 6 heteroatoms. The molecule has 4 fully saturated rings. The Balaban J connectivity index is 1.08. The molecule has 0 aromatic rings. The molecule has 3 N–H and O–H groups in total. The Morgan fingerprint density at radius 1 is 0.633 bits per heavy atom. The number of allylic oxidation sites excluding steroid dienone is 9. The minimum atomic E-state index is 0.00452. The maximum absolute atomic E-state index is 11.5. The molecule has 10 aliphatic rings. The highest BCUT2D eigenvalue weighted by Gasteiger charge is 2.56. The van der Waals surface area contributed by atoms with Gasteiger partial charge in [-0.25, -0.2) is 0 Å². The molecule has 60 heavy (non-hydrogen) atoms. The molecule has 6 nitrogen and oxygen atoms in total. The van der Waals surface area contributed by atoms with E-state index in [0.29, 0.717) is 65.5 Å². The summed E-state index contributed by atoms with van der Waals surface area (Å²) in [5.41, 5.74) is 8.76. The second kappa shape index (κ2) is 16.5. The van der Waals surface area contributed by atoms with Crippen LogP contribution in [0.1, 0.15) is 164 Å². The normalized spacial score (nSPS) is 41.1. The van der Waals surface area contributed by atoms with E-state index in [9.17, 15) is 5.26 Å². The number of nitriles is 1. The van der Waals surface area contributed by atoms with Crippen LogP contribution in [0.25, 0.3) is 0 Å². The molecular weight excluding hydrogens is 733 g/mol. The number of rotatable bonds is 5. The zero-order valence-electron chi connectivity index (χ0n) is 38.4. The molecule has 0 aromatic carbocycles. The highest BCUT2D eigenvalue weighted by atomic mass is 15.4. The lowest BCUT2D eigenvalue weighted by Crippen LogP contribution is -2.74. The number of fused-ring (bicyclic) bond motifs is 4. The van der Waals surface area contributed by atoms with Crippen LogP contribution in [-0.2, 0) is 0 Å². The van der Waals surface area contributed by atoms with Crippen LogP contribution in [-0.4, -0.2) is 52.5 Å². The molecule has 13 unspecified atom stereocenters. The van der Waals surface area contributed by atoms with Crippen LogP contribution in [0.4, 0.5) is 0 Å². The number of hydrogen-bond donors (Lipinski definition) is 3. The molecule has 3 aliphatic heterocycles. The van der Waals surface area contributed by atoms with Gasteiger partial charge in [0.05, 0.1) is 36.5 Å². The minimum absolute atomic E-state index is 0.00452. The number of hydrogen-bond acceptors (Lipinski definition) is 6. The monoisotopic (exact) mass is 813 g/mol. The van der Waals surface area contributed by atoms with E-state index in [2.05, 4.69) is 116 Å². The third kappa shape index (κ3) is 7.55. The lowest BCUT2D eigenvalue weighted by Gasteiger charge is -2.56. The topological polar surface area (TPSA) is 66.4 Å². The van der Waals surface area contributed by atoms with Crippen LogP contribution < -0.4 is 16.0 Å². The molecule has 13 atom stereocenters. The summed E-state index contributed by atoms with van der Waals surface area (Å²) < 4.78 is 0. The van der Waals surface area contributed by atoms with Gasteiger partial charge < -0.3 is 9.80 Å². The number of nitrogens with zero attached hydrogens (tertiary/aromatic N) is 3. The van der Waals surface area contributed by atoms with Crippen LogP contribution in [0.2, 0.25) is 0 Å². The van der Waals surface area contributed by atoms with Gasteiger partial charge in [0.15, 0.2) is 0 Å². The van der Waals surface area contributed by atoms with Crippen molar-refractivity contribution in [3.63, 3.8) is 0 Å². The first-order valence-electron chi connectivity index (χ1n) is 25.4. The fourth-order valence-corrected chi connectivity index (χ4v) is 14.9. The third-order valence-corrected chi connectivity index (χ3v) is 18.2. The van der Waals surface area contributed by atoms with Gasteiger partial charge in [-0.1, -0.05) is 109 Å². The van der Waals surface area contributed by atoms with Crippen molar-refractivity contribution in [1.29, 1.82) is 5.26 Å². The molecule has 0 spiro atoms. The average molecular weight is 813 g/mol. The second-order valence-corrected chi connectivity index (χ2v) is 23.5. The van der Waals surface area contributed by atoms with Crippen molar-refractivity contribution in [3.05, 3.63) is 70.6 Å². The molecule has 326 valence electrons. The van der Waals surface area contributed by atoms with Gasteiger partial charge in [-0.05, 0) is 142 Å². The third-order valence-electron chi connectivity index (χ3n) is 18.2. The summed E-state index contributed by atoms with van der Waals surface area (Å²) >= 11 is 0. The summed E-state index contributed by atoms with van der Waals surface area (Å²) in [6.45, 7) is 14.8. The largest absolute Gasteiger partial charge is 0.368 e. The first-order valence-corrected chi connectivity index (χ1v) is 25.4. The van der Waals surface area contributed by atoms with Crippen molar-refractivity contribution in [2.75, 3.05) is 0 Å². The molecule has 0 radical (unpaired) electrons. The zero-order chi connectivity index (χ0) is 41.3. The highest BCUT2D eigenvalue weighted by molar-refractivity contribution is 5.44. The smallest absolute Gasteiger partial charge is 0.0677 e. The fourth-order valence-electron chi connectivity index (χ4n) is 14.9. The van der Waals surface area contributed by atoms with Gasteiger partial charge in [0.2, 0.25) is 0 Å². The molecule has 3 heterocycles. The quantitative estimate of drug-likeness (QED) is 0.240. The Hall–Kier alpha value is -2.59. The van der Waals surface area contributed by atoms with Crippen LogP contribution in [0.15, 0.2) is 70.6 Å². The first kappa shape index (κ1) is 41.4. The van der Waals surface area contributed by atoms with Crippen LogP contribution >= 0.6 is 0 Å². The summed E-state index contributed by atoms with van der Waals surface area (Å²) in [5, 5.41) is 24.5. The predicted octanol–water partition coefficient (Wildman–Crippen LogP) is 11.4. The number of nitrogens with one attached hydrogen (secondary N) is 3. The molecule has 0 aromatic heterocycles. The second-order valence-electron chi connectivity index (χ2n) is 23.5. The first-order chi connectivity index (χ1) is 29.0. The Bertz CT molecular complexity index is 1840. The van der Waals surface area contributed by atoms with Crippen LogP contribution in [0.3, 0.4) is 0 Å². The summed E-state index contributed by atoms with van der Waals surface area (Å²) in [5.74, 6) is 3.55. The summed E-state index contributed by atoms with van der Waals surface area (Å²) in [4.78, 5) is 6.03. The molecule has 3 saturated carbocycles. The Morgan fingerprint density at radius 3 is 2.15 bits per heavy atom. The van der Waals surface area contributed by atoms with Gasteiger partial charge in [-0.3, -0.25) is 16.0 Å². The van der Waals surface area contributed by atoms with Crippen LogP contribution in [0, 0.1) is 63.6 Å². The van der Waals surface area contributed by atoms with E-state index in [1.54, 1.807) is 28.1 Å². The Kier molecular flexibility index (Phi) is 11.4. The van der Waals surface area contributed by atoms with Crippen molar-refractivity contribution >= 4 is 0 Å². The van der Waals surface area contributed by atoms with Crippen molar-refractivity contribution in [3.8, 4) is 6.07 Å². The van der Waals surface area contributed by atoms with Gasteiger partial charge in [0.25, 0.3) is 0 Å². The summed E-state index contributed by atoms with van der Waals surface area (Å²) in [6, 6.07) is 4.65. The van der Waals surface area contributed by atoms with Gasteiger partial charge >= 0.3 is 0 Å². The van der Waals surface area contributed by atoms with E-state index in [0.717, 1.165) is 38.0 Å². The maximum Gasteiger partial charge on any atom is 0.0677 e.